The number of anilines is 1. The second-order valence-corrected chi connectivity index (χ2v) is 6.17. The number of aromatic nitrogens is 1. The Morgan fingerprint density at radius 2 is 2.55 bits per heavy atom. The Morgan fingerprint density at radius 3 is 3.25 bits per heavy atom. The smallest absolute Gasteiger partial charge is 0.312 e. The van der Waals surface area contributed by atoms with Gasteiger partial charge < -0.3 is 14.8 Å². The van der Waals surface area contributed by atoms with Crippen LogP contribution in [0.2, 0.25) is 0 Å². The van der Waals surface area contributed by atoms with Crippen molar-refractivity contribution in [1.29, 1.82) is 0 Å². The SMILES string of the molecule is CC(Cc1ccco1)Nc1nc2c(s1)CCC2C(=O)O. The van der Waals surface area contributed by atoms with Gasteiger partial charge in [-0.3, -0.25) is 4.79 Å². The first-order valence-electron chi connectivity index (χ1n) is 6.65. The molecule has 2 N–H and O–H groups in total. The summed E-state index contributed by atoms with van der Waals surface area (Å²) in [6, 6.07) is 4.01. The lowest BCUT2D eigenvalue weighted by Crippen LogP contribution is -2.18. The third kappa shape index (κ3) is 2.56. The average Bonchev–Trinajstić information content (AvgIpc) is 3.04. The first-order valence-corrected chi connectivity index (χ1v) is 7.46. The molecule has 2 unspecified atom stereocenters. The van der Waals surface area contributed by atoms with Gasteiger partial charge in [-0.15, -0.1) is 11.3 Å². The Kier molecular flexibility index (Phi) is 3.48. The van der Waals surface area contributed by atoms with Crippen molar-refractivity contribution in [2.24, 2.45) is 0 Å². The molecule has 5 nitrogen and oxygen atoms in total. The highest BCUT2D eigenvalue weighted by molar-refractivity contribution is 7.15. The van der Waals surface area contributed by atoms with Gasteiger partial charge in [0.05, 0.1) is 12.0 Å². The van der Waals surface area contributed by atoms with E-state index in [1.54, 1.807) is 17.6 Å². The zero-order valence-electron chi connectivity index (χ0n) is 11.1. The van der Waals surface area contributed by atoms with Gasteiger partial charge in [0.25, 0.3) is 0 Å². The van der Waals surface area contributed by atoms with Gasteiger partial charge in [-0.25, -0.2) is 4.98 Å². The molecule has 6 heteroatoms. The quantitative estimate of drug-likeness (QED) is 0.886. The minimum Gasteiger partial charge on any atom is -0.481 e. The van der Waals surface area contributed by atoms with E-state index in [1.165, 1.54) is 0 Å². The standard InChI is InChI=1S/C14H16N2O3S/c1-8(7-9-3-2-6-19-9)15-14-16-12-10(13(17)18)4-5-11(12)20-14/h2-3,6,8,10H,4-5,7H2,1H3,(H,15,16)(H,17,18). The van der Waals surface area contributed by atoms with Gasteiger partial charge in [0.1, 0.15) is 11.7 Å². The maximum atomic E-state index is 11.1. The van der Waals surface area contributed by atoms with E-state index in [1.807, 2.05) is 12.1 Å². The molecule has 3 rings (SSSR count). The molecule has 106 valence electrons. The van der Waals surface area contributed by atoms with Crippen LogP contribution in [0.3, 0.4) is 0 Å². The van der Waals surface area contributed by atoms with Gasteiger partial charge in [0.15, 0.2) is 5.13 Å². The minimum atomic E-state index is -0.774. The molecule has 2 heterocycles. The Hall–Kier alpha value is -1.82. The van der Waals surface area contributed by atoms with Gasteiger partial charge >= 0.3 is 5.97 Å². The monoisotopic (exact) mass is 292 g/mol. The number of aryl methyl sites for hydroxylation is 1. The summed E-state index contributed by atoms with van der Waals surface area (Å²) >= 11 is 1.57. The number of fused-ring (bicyclic) bond motifs is 1. The molecular weight excluding hydrogens is 276 g/mol. The molecule has 2 aromatic heterocycles. The third-order valence-corrected chi connectivity index (χ3v) is 4.54. The summed E-state index contributed by atoms with van der Waals surface area (Å²) in [4.78, 5) is 16.7. The number of thiazole rings is 1. The highest BCUT2D eigenvalue weighted by atomic mass is 32.1. The van der Waals surface area contributed by atoms with Gasteiger partial charge in [0.2, 0.25) is 0 Å². The first kappa shape index (κ1) is 13.2. The highest BCUT2D eigenvalue weighted by Gasteiger charge is 2.32. The molecule has 0 aromatic carbocycles. The number of carbonyl (C=O) groups is 1. The number of hydrogen-bond acceptors (Lipinski definition) is 5. The van der Waals surface area contributed by atoms with E-state index >= 15 is 0 Å². The summed E-state index contributed by atoms with van der Waals surface area (Å²) in [6.45, 7) is 2.06. The lowest BCUT2D eigenvalue weighted by atomic mass is 10.1. The van der Waals surface area contributed by atoms with E-state index in [0.717, 1.165) is 34.3 Å². The summed E-state index contributed by atoms with van der Waals surface area (Å²) < 4.78 is 5.32. The van der Waals surface area contributed by atoms with Crippen molar-refractivity contribution in [3.63, 3.8) is 0 Å². The molecule has 0 spiro atoms. The number of hydrogen-bond donors (Lipinski definition) is 2. The summed E-state index contributed by atoms with van der Waals surface area (Å²) in [6.07, 6.45) is 3.93. The van der Waals surface area contributed by atoms with Crippen LogP contribution in [-0.2, 0) is 17.6 Å². The Balaban J connectivity index is 1.67. The van der Waals surface area contributed by atoms with E-state index in [-0.39, 0.29) is 6.04 Å². The van der Waals surface area contributed by atoms with Crippen LogP contribution < -0.4 is 5.32 Å². The number of carboxylic acids is 1. The van der Waals surface area contributed by atoms with Crippen LogP contribution in [0.4, 0.5) is 5.13 Å². The summed E-state index contributed by atoms with van der Waals surface area (Å²) in [7, 11) is 0. The first-order chi connectivity index (χ1) is 9.63. The van der Waals surface area contributed by atoms with Crippen LogP contribution in [0.15, 0.2) is 22.8 Å². The van der Waals surface area contributed by atoms with E-state index in [9.17, 15) is 4.79 Å². The molecule has 1 aliphatic carbocycles. The van der Waals surface area contributed by atoms with Crippen molar-refractivity contribution in [2.45, 2.75) is 38.1 Å². The lowest BCUT2D eigenvalue weighted by Gasteiger charge is -2.11. The lowest BCUT2D eigenvalue weighted by molar-refractivity contribution is -0.138. The van der Waals surface area contributed by atoms with Crippen LogP contribution in [0.1, 0.15) is 35.6 Å². The van der Waals surface area contributed by atoms with Gasteiger partial charge in [0, 0.05) is 17.3 Å². The maximum Gasteiger partial charge on any atom is 0.312 e. The zero-order chi connectivity index (χ0) is 14.1. The van der Waals surface area contributed by atoms with Crippen molar-refractivity contribution in [2.75, 3.05) is 5.32 Å². The van der Waals surface area contributed by atoms with Crippen molar-refractivity contribution >= 4 is 22.4 Å². The number of furan rings is 1. The summed E-state index contributed by atoms with van der Waals surface area (Å²) in [5.74, 6) is -0.279. The largest absolute Gasteiger partial charge is 0.481 e. The minimum absolute atomic E-state index is 0.190. The molecular formula is C14H16N2O3S. The Bertz CT molecular complexity index is 606. The second-order valence-electron chi connectivity index (χ2n) is 5.09. The van der Waals surface area contributed by atoms with E-state index in [0.29, 0.717) is 6.42 Å². The molecule has 2 atom stereocenters. The van der Waals surface area contributed by atoms with Crippen LogP contribution in [0, 0.1) is 0 Å². The fraction of sp³-hybridized carbons (Fsp3) is 0.429. The predicted molar refractivity (Wildman–Crippen MR) is 76.3 cm³/mol. The molecule has 0 amide bonds. The molecule has 20 heavy (non-hydrogen) atoms. The van der Waals surface area contributed by atoms with Gasteiger partial charge in [-0.2, -0.15) is 0 Å². The van der Waals surface area contributed by atoms with Crippen molar-refractivity contribution in [3.8, 4) is 0 Å². The molecule has 0 saturated carbocycles. The summed E-state index contributed by atoms with van der Waals surface area (Å²) in [5.41, 5.74) is 0.746. The number of nitrogens with zero attached hydrogens (tertiary/aromatic N) is 1. The Labute approximate surface area is 120 Å². The average molecular weight is 292 g/mol. The van der Waals surface area contributed by atoms with Gasteiger partial charge in [-0.05, 0) is 31.9 Å². The predicted octanol–water partition coefficient (Wildman–Crippen LogP) is 2.89. The fourth-order valence-electron chi connectivity index (χ4n) is 2.52. The van der Waals surface area contributed by atoms with Crippen LogP contribution >= 0.6 is 11.3 Å². The van der Waals surface area contributed by atoms with Crippen molar-refractivity contribution in [3.05, 3.63) is 34.7 Å². The van der Waals surface area contributed by atoms with Crippen LogP contribution in [0.5, 0.6) is 0 Å². The normalized spacial score (nSPS) is 18.8. The Morgan fingerprint density at radius 1 is 1.70 bits per heavy atom. The van der Waals surface area contributed by atoms with E-state index in [4.69, 9.17) is 9.52 Å². The highest BCUT2D eigenvalue weighted by Crippen LogP contribution is 2.38. The molecule has 0 radical (unpaired) electrons. The third-order valence-electron chi connectivity index (χ3n) is 3.47. The van der Waals surface area contributed by atoms with Crippen LogP contribution in [0.25, 0.3) is 0 Å². The molecule has 1 aliphatic rings. The zero-order valence-corrected chi connectivity index (χ0v) is 11.9. The van der Waals surface area contributed by atoms with E-state index < -0.39 is 11.9 Å². The number of carboxylic acid groups (broad SMARTS) is 1. The second kappa shape index (κ2) is 5.28. The molecule has 0 bridgehead atoms. The van der Waals surface area contributed by atoms with Crippen molar-refractivity contribution in [1.82, 2.24) is 4.98 Å². The maximum absolute atomic E-state index is 11.1. The number of nitrogens with one attached hydrogen (secondary N) is 1. The number of rotatable bonds is 5. The molecule has 2 aromatic rings. The van der Waals surface area contributed by atoms with Crippen LogP contribution in [-0.4, -0.2) is 22.1 Å². The number of aliphatic carboxylic acids is 1. The topological polar surface area (TPSA) is 75.4 Å². The fourth-order valence-corrected chi connectivity index (χ4v) is 3.67. The summed E-state index contributed by atoms with van der Waals surface area (Å²) in [5, 5.41) is 13.3. The van der Waals surface area contributed by atoms with Crippen molar-refractivity contribution < 1.29 is 14.3 Å². The van der Waals surface area contributed by atoms with E-state index in [2.05, 4.69) is 17.2 Å². The van der Waals surface area contributed by atoms with Gasteiger partial charge in [-0.1, -0.05) is 0 Å². The molecule has 0 aliphatic heterocycles. The molecule has 0 fully saturated rings. The molecule has 0 saturated heterocycles.